The van der Waals surface area contributed by atoms with Gasteiger partial charge in [0.2, 0.25) is 11.7 Å². The van der Waals surface area contributed by atoms with Gasteiger partial charge in [-0.2, -0.15) is 5.10 Å². The summed E-state index contributed by atoms with van der Waals surface area (Å²) in [6.07, 6.45) is -3.17. The van der Waals surface area contributed by atoms with Crippen LogP contribution >= 0.6 is 0 Å². The predicted octanol–water partition coefficient (Wildman–Crippen LogP) is 1.99. The van der Waals surface area contributed by atoms with Gasteiger partial charge in [0.1, 0.15) is 22.8 Å². The molecular formula is C34H43N3O11. The van der Waals surface area contributed by atoms with E-state index in [1.54, 1.807) is 0 Å². The number of aromatic hydroxyl groups is 2. The molecule has 14 nitrogen and oxygen atoms in total. The fourth-order valence-electron chi connectivity index (χ4n) is 6.59. The summed E-state index contributed by atoms with van der Waals surface area (Å²) in [5.41, 5.74) is 5.24. The number of amides is 1. The van der Waals surface area contributed by atoms with Crippen LogP contribution in [0, 0.1) is 5.92 Å². The van der Waals surface area contributed by atoms with Crippen LogP contribution in [0.15, 0.2) is 23.3 Å². The van der Waals surface area contributed by atoms with Crippen molar-refractivity contribution in [2.24, 2.45) is 16.8 Å². The average Bonchev–Trinajstić information content (AvgIpc) is 3.03. The van der Waals surface area contributed by atoms with E-state index in [-0.39, 0.29) is 83.8 Å². The van der Waals surface area contributed by atoms with E-state index in [0.717, 1.165) is 0 Å². The van der Waals surface area contributed by atoms with Crippen molar-refractivity contribution in [1.29, 1.82) is 0 Å². The Hall–Kier alpha value is -3.92. The Labute approximate surface area is 277 Å². The Morgan fingerprint density at radius 2 is 1.85 bits per heavy atom. The standard InChI is InChI=1S/C34H43N3O11/c1-15(2)46-10-9-24(39)37-36-23(14-38)34(44)12-19-27(22(13-34)48-25-11-20(35)16(3)17(4)47-25)33(43)29-28(31(19)41)30(40)18-7-6-8-21(45-5)26(18)32(29)42/h6-8,15-17,20,22,25,38,41,43-44H,9-14,35H2,1-5H3,(H,37,39)/b36-23-/t16-,17+,20+,22+,25?,34+/m1/s1. The number of nitrogens with zero attached hydrogens (tertiary/aromatic N) is 1. The van der Waals surface area contributed by atoms with E-state index in [1.165, 1.54) is 25.3 Å². The number of ether oxygens (including phenoxy) is 4. The predicted molar refractivity (Wildman–Crippen MR) is 171 cm³/mol. The highest BCUT2D eigenvalue weighted by Crippen LogP contribution is 2.52. The van der Waals surface area contributed by atoms with Gasteiger partial charge in [0.25, 0.3) is 0 Å². The van der Waals surface area contributed by atoms with Gasteiger partial charge in [-0.25, -0.2) is 5.43 Å². The zero-order valence-electron chi connectivity index (χ0n) is 27.6. The van der Waals surface area contributed by atoms with Crippen molar-refractivity contribution in [3.05, 3.63) is 51.6 Å². The van der Waals surface area contributed by atoms with E-state index in [9.17, 15) is 34.8 Å². The van der Waals surface area contributed by atoms with Gasteiger partial charge in [0.05, 0.1) is 67.5 Å². The summed E-state index contributed by atoms with van der Waals surface area (Å²) >= 11 is 0. The molecule has 14 heteroatoms. The van der Waals surface area contributed by atoms with Crippen molar-refractivity contribution in [3.8, 4) is 17.2 Å². The Morgan fingerprint density at radius 3 is 2.50 bits per heavy atom. The zero-order valence-corrected chi connectivity index (χ0v) is 27.6. The maximum Gasteiger partial charge on any atom is 0.242 e. The monoisotopic (exact) mass is 669 g/mol. The van der Waals surface area contributed by atoms with Gasteiger partial charge in [-0.15, -0.1) is 0 Å². The van der Waals surface area contributed by atoms with Gasteiger partial charge in [0.15, 0.2) is 12.1 Å². The van der Waals surface area contributed by atoms with E-state index in [2.05, 4.69) is 10.5 Å². The van der Waals surface area contributed by atoms with Crippen LogP contribution in [-0.4, -0.2) is 94.1 Å². The molecule has 0 bridgehead atoms. The SMILES string of the molecule is COc1cccc2c1C(=O)c1c(O)c3c(c(O)c1C2=O)C[C@@](O)(/C(CO)=N\NC(=O)CCOC(C)C)C[C@@H]3OC1C[C@H](N)[C@H](C)[C@H](C)O1. The molecule has 0 aromatic heterocycles. The number of hydrazone groups is 1. The number of hydrogen-bond acceptors (Lipinski definition) is 13. The fourth-order valence-corrected chi connectivity index (χ4v) is 6.59. The lowest BCUT2D eigenvalue weighted by Crippen LogP contribution is -2.50. The Balaban J connectivity index is 1.60. The molecule has 1 unspecified atom stereocenters. The normalized spacial score (nSPS) is 26.9. The molecule has 0 saturated carbocycles. The second-order valence-electron chi connectivity index (χ2n) is 12.9. The number of benzene rings is 2. The molecule has 2 aliphatic carbocycles. The smallest absolute Gasteiger partial charge is 0.242 e. The molecule has 3 aliphatic rings. The number of carbonyl (C=O) groups is 3. The van der Waals surface area contributed by atoms with Gasteiger partial charge in [-0.3, -0.25) is 14.4 Å². The molecule has 1 aliphatic heterocycles. The minimum absolute atomic E-state index is 0.00579. The quantitative estimate of drug-likeness (QED) is 0.104. The molecule has 1 fully saturated rings. The molecule has 5 rings (SSSR count). The summed E-state index contributed by atoms with van der Waals surface area (Å²) in [4.78, 5) is 40.2. The summed E-state index contributed by atoms with van der Waals surface area (Å²) in [6.45, 7) is 6.76. The second kappa shape index (κ2) is 13.9. The number of nitrogens with two attached hydrogens (primary N) is 1. The van der Waals surface area contributed by atoms with Crippen LogP contribution in [0.2, 0.25) is 0 Å². The number of fused-ring (bicyclic) bond motifs is 3. The third-order valence-corrected chi connectivity index (χ3v) is 9.42. The summed E-state index contributed by atoms with van der Waals surface area (Å²) in [7, 11) is 1.34. The molecule has 0 spiro atoms. The molecular weight excluding hydrogens is 626 g/mol. The van der Waals surface area contributed by atoms with E-state index >= 15 is 0 Å². The summed E-state index contributed by atoms with van der Waals surface area (Å²) in [5, 5.41) is 49.9. The highest BCUT2D eigenvalue weighted by molar-refractivity contribution is 6.31. The summed E-state index contributed by atoms with van der Waals surface area (Å²) < 4.78 is 23.1. The first-order valence-corrected chi connectivity index (χ1v) is 16.0. The highest BCUT2D eigenvalue weighted by Gasteiger charge is 2.49. The van der Waals surface area contributed by atoms with E-state index in [0.29, 0.717) is 0 Å². The van der Waals surface area contributed by atoms with Gasteiger partial charge >= 0.3 is 0 Å². The van der Waals surface area contributed by atoms with Crippen LogP contribution in [0.1, 0.15) is 96.0 Å². The number of ketones is 2. The fraction of sp³-hybridized carbons (Fsp3) is 0.529. The number of phenols is 2. The lowest BCUT2D eigenvalue weighted by atomic mass is 9.71. The number of rotatable bonds is 10. The Kier molecular flexibility index (Phi) is 10.2. The third-order valence-electron chi connectivity index (χ3n) is 9.42. The second-order valence-corrected chi connectivity index (χ2v) is 12.9. The average molecular weight is 670 g/mol. The first kappa shape index (κ1) is 35.4. The zero-order chi connectivity index (χ0) is 35.1. The number of aliphatic hydroxyl groups is 2. The molecule has 0 radical (unpaired) electrons. The molecule has 48 heavy (non-hydrogen) atoms. The molecule has 2 aromatic carbocycles. The van der Waals surface area contributed by atoms with Crippen molar-refractivity contribution in [3.63, 3.8) is 0 Å². The van der Waals surface area contributed by atoms with Crippen LogP contribution in [0.4, 0.5) is 0 Å². The number of carbonyl (C=O) groups excluding carboxylic acids is 3. The first-order chi connectivity index (χ1) is 22.7. The maximum atomic E-state index is 13.9. The maximum absolute atomic E-state index is 13.9. The van der Waals surface area contributed by atoms with Gasteiger partial charge < -0.3 is 45.1 Å². The van der Waals surface area contributed by atoms with Crippen molar-refractivity contribution in [2.45, 2.75) is 89.6 Å². The van der Waals surface area contributed by atoms with Crippen LogP contribution < -0.4 is 15.9 Å². The van der Waals surface area contributed by atoms with Gasteiger partial charge in [0, 0.05) is 42.0 Å². The van der Waals surface area contributed by atoms with E-state index in [1.807, 2.05) is 27.7 Å². The van der Waals surface area contributed by atoms with Crippen molar-refractivity contribution in [1.82, 2.24) is 5.43 Å². The third kappa shape index (κ3) is 6.43. The molecule has 1 amide bonds. The lowest BCUT2D eigenvalue weighted by Gasteiger charge is -2.43. The highest BCUT2D eigenvalue weighted by atomic mass is 16.7. The summed E-state index contributed by atoms with van der Waals surface area (Å²) in [6, 6.07) is 4.14. The van der Waals surface area contributed by atoms with Crippen LogP contribution in [-0.2, 0) is 25.4 Å². The molecule has 7 N–H and O–H groups in total. The van der Waals surface area contributed by atoms with Gasteiger partial charge in [-0.05, 0) is 32.8 Å². The van der Waals surface area contributed by atoms with E-state index < -0.39 is 71.1 Å². The topological polar surface area (TPSA) is 219 Å². The van der Waals surface area contributed by atoms with Crippen LogP contribution in [0.3, 0.4) is 0 Å². The van der Waals surface area contributed by atoms with Crippen molar-refractivity contribution in [2.75, 3.05) is 20.3 Å². The first-order valence-electron chi connectivity index (χ1n) is 16.0. The molecule has 6 atom stereocenters. The molecule has 2 aromatic rings. The minimum atomic E-state index is -2.06. The molecule has 1 heterocycles. The van der Waals surface area contributed by atoms with Crippen LogP contribution in [0.5, 0.6) is 17.2 Å². The van der Waals surface area contributed by atoms with Crippen molar-refractivity contribution >= 4 is 23.2 Å². The lowest BCUT2D eigenvalue weighted by molar-refractivity contribution is -0.234. The van der Waals surface area contributed by atoms with Crippen molar-refractivity contribution < 1.29 is 53.8 Å². The summed E-state index contributed by atoms with van der Waals surface area (Å²) in [5.74, 6) is -3.15. The van der Waals surface area contributed by atoms with E-state index in [4.69, 9.17) is 24.7 Å². The number of nitrogens with one attached hydrogen (secondary N) is 1. The number of hydrogen-bond donors (Lipinski definition) is 6. The Morgan fingerprint density at radius 1 is 1.15 bits per heavy atom. The Bertz CT molecular complexity index is 1630. The minimum Gasteiger partial charge on any atom is -0.507 e. The molecule has 1 saturated heterocycles. The number of phenolic OH excluding ortho intramolecular Hbond substituents is 2. The largest absolute Gasteiger partial charge is 0.507 e. The number of methoxy groups -OCH3 is 1. The van der Waals surface area contributed by atoms with Gasteiger partial charge in [-0.1, -0.05) is 19.1 Å². The van der Waals surface area contributed by atoms with Crippen LogP contribution in [0.25, 0.3) is 0 Å². The number of aliphatic hydroxyl groups excluding tert-OH is 1. The molecule has 260 valence electrons.